The minimum absolute atomic E-state index is 0.00585. The summed E-state index contributed by atoms with van der Waals surface area (Å²) >= 11 is 5.79. The summed E-state index contributed by atoms with van der Waals surface area (Å²) in [7, 11) is 0. The number of amides is 2. The number of likely N-dealkylation sites (tertiary alicyclic amines) is 1. The molecule has 0 aliphatic carbocycles. The van der Waals surface area contributed by atoms with Crippen LogP contribution in [0.4, 0.5) is 0 Å². The molecule has 1 aliphatic rings. The van der Waals surface area contributed by atoms with Crippen molar-refractivity contribution in [3.05, 3.63) is 29.0 Å². The summed E-state index contributed by atoms with van der Waals surface area (Å²) in [4.78, 5) is 29.8. The molecule has 2 rings (SSSR count). The van der Waals surface area contributed by atoms with Crippen LogP contribution >= 0.6 is 11.6 Å². The SMILES string of the molecule is CCNC(=O)C1CCN(C(=O)c2cccc(Cl)n2)CC1. The number of aromatic nitrogens is 1. The molecule has 0 radical (unpaired) electrons. The van der Waals surface area contributed by atoms with Gasteiger partial charge >= 0.3 is 0 Å². The monoisotopic (exact) mass is 295 g/mol. The summed E-state index contributed by atoms with van der Waals surface area (Å²) in [6, 6.07) is 5.01. The predicted octanol–water partition coefficient (Wildman–Crippen LogP) is 1.72. The highest BCUT2D eigenvalue weighted by atomic mass is 35.5. The van der Waals surface area contributed by atoms with E-state index in [2.05, 4.69) is 10.3 Å². The Bertz CT molecular complexity index is 499. The van der Waals surface area contributed by atoms with Gasteiger partial charge in [-0.3, -0.25) is 9.59 Å². The lowest BCUT2D eigenvalue weighted by Gasteiger charge is -2.31. The Morgan fingerprint density at radius 2 is 2.10 bits per heavy atom. The average molecular weight is 296 g/mol. The number of carbonyl (C=O) groups is 2. The van der Waals surface area contributed by atoms with Gasteiger partial charge in [0.2, 0.25) is 5.91 Å². The zero-order valence-electron chi connectivity index (χ0n) is 11.4. The largest absolute Gasteiger partial charge is 0.356 e. The van der Waals surface area contributed by atoms with Crippen LogP contribution in [0.1, 0.15) is 30.3 Å². The van der Waals surface area contributed by atoms with Crippen molar-refractivity contribution >= 4 is 23.4 Å². The molecule has 6 heteroatoms. The Hall–Kier alpha value is -1.62. The molecule has 1 saturated heterocycles. The first-order valence-corrected chi connectivity index (χ1v) is 7.19. The molecule has 1 aliphatic heterocycles. The van der Waals surface area contributed by atoms with Gasteiger partial charge in [-0.2, -0.15) is 0 Å². The van der Waals surface area contributed by atoms with Gasteiger partial charge in [0.1, 0.15) is 10.8 Å². The van der Waals surface area contributed by atoms with Crippen LogP contribution in [-0.4, -0.2) is 41.3 Å². The summed E-state index contributed by atoms with van der Waals surface area (Å²) in [6.45, 7) is 3.70. The van der Waals surface area contributed by atoms with Gasteiger partial charge in [-0.15, -0.1) is 0 Å². The molecule has 20 heavy (non-hydrogen) atoms. The van der Waals surface area contributed by atoms with Crippen LogP contribution in [0.3, 0.4) is 0 Å². The zero-order chi connectivity index (χ0) is 14.5. The van der Waals surface area contributed by atoms with Crippen LogP contribution < -0.4 is 5.32 Å². The molecule has 0 aromatic carbocycles. The number of carbonyl (C=O) groups excluding carboxylic acids is 2. The number of hydrogen-bond acceptors (Lipinski definition) is 3. The first-order chi connectivity index (χ1) is 9.61. The molecule has 1 fully saturated rings. The van der Waals surface area contributed by atoms with Crippen LogP contribution in [0.15, 0.2) is 18.2 Å². The van der Waals surface area contributed by atoms with E-state index in [1.165, 1.54) is 0 Å². The van der Waals surface area contributed by atoms with Crippen molar-refractivity contribution in [1.29, 1.82) is 0 Å². The first kappa shape index (κ1) is 14.8. The highest BCUT2D eigenvalue weighted by Gasteiger charge is 2.27. The highest BCUT2D eigenvalue weighted by molar-refractivity contribution is 6.29. The molecule has 0 atom stereocenters. The standard InChI is InChI=1S/C14H18ClN3O2/c1-2-16-13(19)10-6-8-18(9-7-10)14(20)11-4-3-5-12(15)17-11/h3-5,10H,2,6-9H2,1H3,(H,16,19). The number of nitrogens with one attached hydrogen (secondary N) is 1. The van der Waals surface area contributed by atoms with E-state index < -0.39 is 0 Å². The molecular weight excluding hydrogens is 278 g/mol. The molecule has 2 heterocycles. The van der Waals surface area contributed by atoms with E-state index in [0.717, 1.165) is 0 Å². The van der Waals surface area contributed by atoms with E-state index in [9.17, 15) is 9.59 Å². The lowest BCUT2D eigenvalue weighted by molar-refractivity contribution is -0.126. The second-order valence-electron chi connectivity index (χ2n) is 4.81. The Morgan fingerprint density at radius 1 is 1.40 bits per heavy atom. The van der Waals surface area contributed by atoms with Crippen molar-refractivity contribution in [2.75, 3.05) is 19.6 Å². The number of pyridine rings is 1. The van der Waals surface area contributed by atoms with Crippen LogP contribution in [0.5, 0.6) is 0 Å². The van der Waals surface area contributed by atoms with E-state index in [-0.39, 0.29) is 17.7 Å². The molecule has 0 bridgehead atoms. The quantitative estimate of drug-likeness (QED) is 0.864. The molecule has 0 spiro atoms. The van der Waals surface area contributed by atoms with Crippen molar-refractivity contribution in [3.63, 3.8) is 0 Å². The maximum absolute atomic E-state index is 12.3. The fourth-order valence-corrected chi connectivity index (χ4v) is 2.52. The third-order valence-electron chi connectivity index (χ3n) is 3.44. The molecule has 0 saturated carbocycles. The summed E-state index contributed by atoms with van der Waals surface area (Å²) in [5, 5.41) is 3.14. The maximum atomic E-state index is 12.3. The lowest BCUT2D eigenvalue weighted by Crippen LogP contribution is -2.43. The Morgan fingerprint density at radius 3 is 2.70 bits per heavy atom. The number of piperidine rings is 1. The predicted molar refractivity (Wildman–Crippen MR) is 76.6 cm³/mol. The van der Waals surface area contributed by atoms with Gasteiger partial charge in [-0.1, -0.05) is 17.7 Å². The summed E-state index contributed by atoms with van der Waals surface area (Å²) in [5.74, 6) is -0.0337. The topological polar surface area (TPSA) is 62.3 Å². The molecule has 1 N–H and O–H groups in total. The molecule has 0 unspecified atom stereocenters. The number of hydrogen-bond donors (Lipinski definition) is 1. The minimum atomic E-state index is -0.123. The van der Waals surface area contributed by atoms with E-state index in [1.54, 1.807) is 23.1 Å². The van der Waals surface area contributed by atoms with Crippen molar-refractivity contribution in [1.82, 2.24) is 15.2 Å². The van der Waals surface area contributed by atoms with Crippen molar-refractivity contribution in [2.24, 2.45) is 5.92 Å². The Kier molecular flexibility index (Phi) is 4.95. The van der Waals surface area contributed by atoms with Crippen LogP contribution in [0.2, 0.25) is 5.15 Å². The third kappa shape index (κ3) is 3.48. The molecular formula is C14H18ClN3O2. The van der Waals surface area contributed by atoms with E-state index in [0.29, 0.717) is 43.3 Å². The summed E-state index contributed by atoms with van der Waals surface area (Å²) in [6.07, 6.45) is 1.39. The van der Waals surface area contributed by atoms with Crippen molar-refractivity contribution < 1.29 is 9.59 Å². The number of nitrogens with zero attached hydrogens (tertiary/aromatic N) is 2. The van der Waals surface area contributed by atoms with Gasteiger partial charge in [-0.25, -0.2) is 4.98 Å². The van der Waals surface area contributed by atoms with Gasteiger partial charge < -0.3 is 10.2 Å². The second kappa shape index (κ2) is 6.70. The van der Waals surface area contributed by atoms with Gasteiger partial charge in [0.15, 0.2) is 0 Å². The average Bonchev–Trinajstić information content (AvgIpc) is 2.47. The van der Waals surface area contributed by atoms with Crippen LogP contribution in [-0.2, 0) is 4.79 Å². The fourth-order valence-electron chi connectivity index (χ4n) is 2.35. The van der Waals surface area contributed by atoms with Crippen molar-refractivity contribution in [3.8, 4) is 0 Å². The smallest absolute Gasteiger partial charge is 0.272 e. The number of halogens is 1. The van der Waals surface area contributed by atoms with Crippen molar-refractivity contribution in [2.45, 2.75) is 19.8 Å². The van der Waals surface area contributed by atoms with E-state index in [1.807, 2.05) is 6.92 Å². The van der Waals surface area contributed by atoms with Gasteiger partial charge in [-0.05, 0) is 31.9 Å². The first-order valence-electron chi connectivity index (χ1n) is 6.81. The van der Waals surface area contributed by atoms with Gasteiger partial charge in [0, 0.05) is 25.6 Å². The molecule has 5 nitrogen and oxygen atoms in total. The molecule has 1 aromatic rings. The highest BCUT2D eigenvalue weighted by Crippen LogP contribution is 2.19. The number of rotatable bonds is 3. The van der Waals surface area contributed by atoms with Crippen LogP contribution in [0.25, 0.3) is 0 Å². The summed E-state index contributed by atoms with van der Waals surface area (Å²) < 4.78 is 0. The Labute approximate surface area is 123 Å². The minimum Gasteiger partial charge on any atom is -0.356 e. The summed E-state index contributed by atoms with van der Waals surface area (Å²) in [5.41, 5.74) is 0.356. The van der Waals surface area contributed by atoms with Gasteiger partial charge in [0.05, 0.1) is 0 Å². The molecule has 1 aromatic heterocycles. The Balaban J connectivity index is 1.93. The van der Waals surface area contributed by atoms with E-state index in [4.69, 9.17) is 11.6 Å². The maximum Gasteiger partial charge on any atom is 0.272 e. The fraction of sp³-hybridized carbons (Fsp3) is 0.500. The second-order valence-corrected chi connectivity index (χ2v) is 5.19. The van der Waals surface area contributed by atoms with E-state index >= 15 is 0 Å². The zero-order valence-corrected chi connectivity index (χ0v) is 12.2. The lowest BCUT2D eigenvalue weighted by atomic mass is 9.95. The van der Waals surface area contributed by atoms with Gasteiger partial charge in [0.25, 0.3) is 5.91 Å². The third-order valence-corrected chi connectivity index (χ3v) is 3.65. The van der Waals surface area contributed by atoms with Crippen LogP contribution in [0, 0.1) is 5.92 Å². The molecule has 108 valence electrons. The normalized spacial score (nSPS) is 16.0. The molecule has 2 amide bonds.